The number of nitrogens with two attached hydrogens (primary N) is 1. The molecule has 1 unspecified atom stereocenters. The van der Waals surface area contributed by atoms with Gasteiger partial charge in [0.15, 0.2) is 0 Å². The van der Waals surface area contributed by atoms with Gasteiger partial charge in [-0.1, -0.05) is 0 Å². The molecule has 2 aliphatic rings. The number of rotatable bonds is 4. The molecule has 3 rings (SSSR count). The Hall–Kier alpha value is -2.15. The highest BCUT2D eigenvalue weighted by Crippen LogP contribution is 2.32. The first kappa shape index (κ1) is 15.7. The smallest absolute Gasteiger partial charge is 0.293 e. The molecule has 1 aromatic carbocycles. The Kier molecular flexibility index (Phi) is 4.47. The first-order valence-electron chi connectivity index (χ1n) is 8.16. The number of carbonyl (C=O) groups excluding carboxylic acids is 1. The Bertz CT molecular complexity index is 613. The van der Waals surface area contributed by atoms with Crippen LogP contribution in [0.5, 0.6) is 0 Å². The van der Waals surface area contributed by atoms with Gasteiger partial charge in [0, 0.05) is 43.9 Å². The molecule has 1 amide bonds. The second-order valence-corrected chi connectivity index (χ2v) is 6.19. The molecule has 0 bridgehead atoms. The van der Waals surface area contributed by atoms with E-state index in [1.807, 2.05) is 4.90 Å². The SMILES string of the molecule is NCC1CCCN1C(=O)c1ccc(N2CCCC2)c([N+](=O)[O-])c1. The highest BCUT2D eigenvalue weighted by atomic mass is 16.6. The third-order valence-corrected chi connectivity index (χ3v) is 4.78. The van der Waals surface area contributed by atoms with E-state index in [2.05, 4.69) is 0 Å². The average molecular weight is 318 g/mol. The zero-order valence-corrected chi connectivity index (χ0v) is 13.1. The van der Waals surface area contributed by atoms with E-state index in [1.165, 1.54) is 6.07 Å². The van der Waals surface area contributed by atoms with Gasteiger partial charge in [-0.05, 0) is 37.8 Å². The Morgan fingerprint density at radius 1 is 1.26 bits per heavy atom. The Balaban J connectivity index is 1.90. The molecular formula is C16H22N4O3. The number of nitro benzene ring substituents is 1. The predicted molar refractivity (Wildman–Crippen MR) is 87.7 cm³/mol. The number of carbonyl (C=O) groups is 1. The molecule has 0 aliphatic carbocycles. The first-order valence-corrected chi connectivity index (χ1v) is 8.16. The van der Waals surface area contributed by atoms with Gasteiger partial charge in [-0.15, -0.1) is 0 Å². The van der Waals surface area contributed by atoms with E-state index in [4.69, 9.17) is 5.73 Å². The van der Waals surface area contributed by atoms with Gasteiger partial charge in [-0.25, -0.2) is 0 Å². The lowest BCUT2D eigenvalue weighted by molar-refractivity contribution is -0.384. The molecular weight excluding hydrogens is 296 g/mol. The number of anilines is 1. The molecule has 0 radical (unpaired) electrons. The monoisotopic (exact) mass is 318 g/mol. The second kappa shape index (κ2) is 6.54. The van der Waals surface area contributed by atoms with Crippen LogP contribution in [-0.2, 0) is 0 Å². The minimum absolute atomic E-state index is 0.0150. The van der Waals surface area contributed by atoms with E-state index in [9.17, 15) is 14.9 Å². The molecule has 124 valence electrons. The molecule has 2 fully saturated rings. The van der Waals surface area contributed by atoms with Gasteiger partial charge in [-0.2, -0.15) is 0 Å². The molecule has 1 aromatic rings. The third-order valence-electron chi connectivity index (χ3n) is 4.78. The van der Waals surface area contributed by atoms with Crippen LogP contribution in [0.4, 0.5) is 11.4 Å². The molecule has 2 heterocycles. The van der Waals surface area contributed by atoms with Crippen molar-refractivity contribution < 1.29 is 9.72 Å². The fourth-order valence-electron chi connectivity index (χ4n) is 3.54. The summed E-state index contributed by atoms with van der Waals surface area (Å²) in [4.78, 5) is 27.5. The minimum atomic E-state index is -0.394. The van der Waals surface area contributed by atoms with Gasteiger partial charge < -0.3 is 15.5 Å². The normalized spacial score (nSPS) is 21.0. The summed E-state index contributed by atoms with van der Waals surface area (Å²) in [7, 11) is 0. The van der Waals surface area contributed by atoms with Crippen molar-refractivity contribution in [2.24, 2.45) is 5.73 Å². The molecule has 2 saturated heterocycles. The van der Waals surface area contributed by atoms with Crippen molar-refractivity contribution in [2.75, 3.05) is 31.1 Å². The van der Waals surface area contributed by atoms with Crippen molar-refractivity contribution in [3.8, 4) is 0 Å². The second-order valence-electron chi connectivity index (χ2n) is 6.19. The number of benzene rings is 1. The topological polar surface area (TPSA) is 92.7 Å². The number of nitro groups is 1. The van der Waals surface area contributed by atoms with Crippen molar-refractivity contribution in [1.82, 2.24) is 4.90 Å². The zero-order chi connectivity index (χ0) is 16.4. The maximum atomic E-state index is 12.7. The van der Waals surface area contributed by atoms with Crippen LogP contribution in [0.3, 0.4) is 0 Å². The van der Waals surface area contributed by atoms with Crippen molar-refractivity contribution in [2.45, 2.75) is 31.7 Å². The first-order chi connectivity index (χ1) is 11.1. The Morgan fingerprint density at radius 3 is 2.65 bits per heavy atom. The van der Waals surface area contributed by atoms with Crippen molar-refractivity contribution in [3.63, 3.8) is 0 Å². The van der Waals surface area contributed by atoms with Gasteiger partial charge in [0.2, 0.25) is 0 Å². The zero-order valence-electron chi connectivity index (χ0n) is 13.1. The number of hydrogen-bond acceptors (Lipinski definition) is 5. The van der Waals surface area contributed by atoms with Crippen molar-refractivity contribution in [1.29, 1.82) is 0 Å². The quantitative estimate of drug-likeness (QED) is 0.674. The fourth-order valence-corrected chi connectivity index (χ4v) is 3.54. The lowest BCUT2D eigenvalue weighted by Gasteiger charge is -2.24. The fraction of sp³-hybridized carbons (Fsp3) is 0.562. The number of nitrogens with zero attached hydrogens (tertiary/aromatic N) is 3. The van der Waals surface area contributed by atoms with Crippen LogP contribution in [0.2, 0.25) is 0 Å². The summed E-state index contributed by atoms with van der Waals surface area (Å²) < 4.78 is 0. The summed E-state index contributed by atoms with van der Waals surface area (Å²) in [6.45, 7) is 2.76. The summed E-state index contributed by atoms with van der Waals surface area (Å²) in [6, 6.07) is 4.88. The third kappa shape index (κ3) is 3.01. The van der Waals surface area contributed by atoms with Crippen molar-refractivity contribution >= 4 is 17.3 Å². The molecule has 0 aromatic heterocycles. The van der Waals surface area contributed by atoms with E-state index < -0.39 is 4.92 Å². The molecule has 1 atom stereocenters. The van der Waals surface area contributed by atoms with Gasteiger partial charge >= 0.3 is 0 Å². The molecule has 0 spiro atoms. The van der Waals surface area contributed by atoms with Crippen LogP contribution in [0, 0.1) is 10.1 Å². The molecule has 23 heavy (non-hydrogen) atoms. The van der Waals surface area contributed by atoms with Crippen LogP contribution in [0.25, 0.3) is 0 Å². The van der Waals surface area contributed by atoms with Gasteiger partial charge in [0.1, 0.15) is 5.69 Å². The molecule has 7 nitrogen and oxygen atoms in total. The van der Waals surface area contributed by atoms with E-state index in [0.29, 0.717) is 24.3 Å². The molecule has 0 saturated carbocycles. The van der Waals surface area contributed by atoms with Crippen LogP contribution in [0.15, 0.2) is 18.2 Å². The van der Waals surface area contributed by atoms with E-state index in [1.54, 1.807) is 17.0 Å². The average Bonchev–Trinajstić information content (AvgIpc) is 3.24. The van der Waals surface area contributed by atoms with Crippen LogP contribution >= 0.6 is 0 Å². The highest BCUT2D eigenvalue weighted by Gasteiger charge is 2.30. The van der Waals surface area contributed by atoms with Crippen LogP contribution in [-0.4, -0.2) is 48.0 Å². The van der Waals surface area contributed by atoms with Crippen LogP contribution < -0.4 is 10.6 Å². The van der Waals surface area contributed by atoms with Crippen LogP contribution in [0.1, 0.15) is 36.0 Å². The van der Waals surface area contributed by atoms with E-state index in [-0.39, 0.29) is 17.6 Å². The lowest BCUT2D eigenvalue weighted by atomic mass is 10.1. The van der Waals surface area contributed by atoms with Gasteiger partial charge in [0.25, 0.3) is 11.6 Å². The number of hydrogen-bond donors (Lipinski definition) is 1. The highest BCUT2D eigenvalue weighted by molar-refractivity contribution is 5.96. The maximum absolute atomic E-state index is 12.7. The van der Waals surface area contributed by atoms with E-state index >= 15 is 0 Å². The summed E-state index contributed by atoms with van der Waals surface area (Å²) in [5.74, 6) is -0.158. The Morgan fingerprint density at radius 2 is 2.00 bits per heavy atom. The lowest BCUT2D eigenvalue weighted by Crippen LogP contribution is -2.39. The van der Waals surface area contributed by atoms with Gasteiger partial charge in [0.05, 0.1) is 4.92 Å². The minimum Gasteiger partial charge on any atom is -0.366 e. The molecule has 7 heteroatoms. The summed E-state index contributed by atoms with van der Waals surface area (Å²) >= 11 is 0. The van der Waals surface area contributed by atoms with Gasteiger partial charge in [-0.3, -0.25) is 14.9 Å². The maximum Gasteiger partial charge on any atom is 0.293 e. The number of amides is 1. The summed E-state index contributed by atoms with van der Waals surface area (Å²) in [5, 5.41) is 11.4. The molecule has 2 N–H and O–H groups in total. The van der Waals surface area contributed by atoms with E-state index in [0.717, 1.165) is 38.8 Å². The molecule has 2 aliphatic heterocycles. The summed E-state index contributed by atoms with van der Waals surface area (Å²) in [6.07, 6.45) is 3.92. The summed E-state index contributed by atoms with van der Waals surface area (Å²) in [5.41, 5.74) is 6.72. The Labute approximate surface area is 135 Å². The predicted octanol–water partition coefficient (Wildman–Crippen LogP) is 1.76. The largest absolute Gasteiger partial charge is 0.366 e. The van der Waals surface area contributed by atoms with Crippen molar-refractivity contribution in [3.05, 3.63) is 33.9 Å². The number of likely N-dealkylation sites (tertiary alicyclic amines) is 1. The standard InChI is InChI=1S/C16H22N4O3/c17-11-13-4-3-9-19(13)16(21)12-5-6-14(15(10-12)20(22)23)18-7-1-2-8-18/h5-6,10,13H,1-4,7-9,11,17H2.